The molecule has 1 fully saturated rings. The third kappa shape index (κ3) is 2.09. The minimum Gasteiger partial charge on any atom is -0.386 e. The van der Waals surface area contributed by atoms with Gasteiger partial charge in [0.05, 0.1) is 5.60 Å². The summed E-state index contributed by atoms with van der Waals surface area (Å²) in [5.41, 5.74) is -0.518. The van der Waals surface area contributed by atoms with Crippen LogP contribution in [0, 0.1) is 5.92 Å². The molecule has 0 heterocycles. The topological polar surface area (TPSA) is 20.2 Å². The van der Waals surface area contributed by atoms with E-state index in [9.17, 15) is 13.9 Å². The van der Waals surface area contributed by atoms with Crippen LogP contribution in [-0.4, -0.2) is 5.11 Å². The minimum absolute atomic E-state index is 0.0228. The van der Waals surface area contributed by atoms with E-state index in [-0.39, 0.29) is 5.56 Å². The number of alkyl halides is 2. The predicted molar refractivity (Wildman–Crippen MR) is 58.3 cm³/mol. The summed E-state index contributed by atoms with van der Waals surface area (Å²) in [7, 11) is 0. The fraction of sp³-hybridized carbons (Fsp3) is 0.538. The van der Waals surface area contributed by atoms with Gasteiger partial charge in [-0.1, -0.05) is 18.2 Å². The van der Waals surface area contributed by atoms with Gasteiger partial charge in [0.25, 0.3) is 5.92 Å². The van der Waals surface area contributed by atoms with Gasteiger partial charge in [-0.15, -0.1) is 0 Å². The molecule has 0 aliphatic heterocycles. The van der Waals surface area contributed by atoms with Crippen molar-refractivity contribution in [3.63, 3.8) is 0 Å². The highest BCUT2D eigenvalue weighted by molar-refractivity contribution is 5.31. The van der Waals surface area contributed by atoms with Gasteiger partial charge < -0.3 is 5.11 Å². The molecule has 88 valence electrons. The average Bonchev–Trinajstić information content (AvgIpc) is 3.00. The van der Waals surface area contributed by atoms with Crippen LogP contribution in [0.3, 0.4) is 0 Å². The third-order valence-corrected chi connectivity index (χ3v) is 3.04. The van der Waals surface area contributed by atoms with Crippen LogP contribution in [-0.2, 0) is 11.5 Å². The molecule has 1 N–H and O–H groups in total. The summed E-state index contributed by atoms with van der Waals surface area (Å²) in [6, 6.07) is 6.11. The number of aliphatic hydroxyl groups is 1. The van der Waals surface area contributed by atoms with Crippen LogP contribution in [0.15, 0.2) is 24.3 Å². The van der Waals surface area contributed by atoms with Gasteiger partial charge in [0, 0.05) is 11.5 Å². The summed E-state index contributed by atoms with van der Waals surface area (Å²) < 4.78 is 27.7. The fourth-order valence-electron chi connectivity index (χ4n) is 1.79. The third-order valence-electron chi connectivity index (χ3n) is 3.04. The number of hydrogen-bond acceptors (Lipinski definition) is 1. The van der Waals surface area contributed by atoms with Crippen molar-refractivity contribution in [3.8, 4) is 0 Å². The molecule has 1 saturated carbocycles. The summed E-state index contributed by atoms with van der Waals surface area (Å²) in [5, 5.41) is 9.79. The highest BCUT2D eigenvalue weighted by Gasteiger charge is 2.48. The van der Waals surface area contributed by atoms with Crippen LogP contribution in [0.2, 0.25) is 0 Å². The molecule has 2 rings (SSSR count). The lowest BCUT2D eigenvalue weighted by atomic mass is 9.94. The first kappa shape index (κ1) is 11.5. The molecule has 1 aliphatic rings. The van der Waals surface area contributed by atoms with E-state index in [0.29, 0.717) is 18.4 Å². The highest BCUT2D eigenvalue weighted by Crippen LogP contribution is 2.49. The zero-order valence-corrected chi connectivity index (χ0v) is 9.50. The van der Waals surface area contributed by atoms with Crippen LogP contribution >= 0.6 is 0 Å². The minimum atomic E-state index is -2.75. The maximum Gasteiger partial charge on any atom is 0.276 e. The van der Waals surface area contributed by atoms with Crippen LogP contribution in [0.25, 0.3) is 0 Å². The van der Waals surface area contributed by atoms with Crippen molar-refractivity contribution in [2.45, 2.75) is 38.2 Å². The zero-order chi connectivity index (χ0) is 12.0. The van der Waals surface area contributed by atoms with Gasteiger partial charge in [-0.25, -0.2) is 8.78 Å². The van der Waals surface area contributed by atoms with E-state index in [1.54, 1.807) is 26.0 Å². The molecule has 3 heteroatoms. The molecule has 1 aliphatic carbocycles. The van der Waals surface area contributed by atoms with Gasteiger partial charge in [-0.2, -0.15) is 0 Å². The van der Waals surface area contributed by atoms with Gasteiger partial charge in [-0.05, 0) is 38.3 Å². The lowest BCUT2D eigenvalue weighted by Crippen LogP contribution is -2.20. The Bertz CT molecular complexity index is 389. The number of benzene rings is 1. The summed E-state index contributed by atoms with van der Waals surface area (Å²) in [6.07, 6.45) is 1.19. The maximum atomic E-state index is 13.8. The molecule has 0 bridgehead atoms. The molecule has 0 aromatic heterocycles. The normalized spacial score (nSPS) is 17.6. The number of hydrogen-bond donors (Lipinski definition) is 1. The van der Waals surface area contributed by atoms with Gasteiger partial charge in [0.1, 0.15) is 0 Å². The van der Waals surface area contributed by atoms with E-state index in [2.05, 4.69) is 0 Å². The van der Waals surface area contributed by atoms with Crippen molar-refractivity contribution in [3.05, 3.63) is 35.4 Å². The smallest absolute Gasteiger partial charge is 0.276 e. The van der Waals surface area contributed by atoms with E-state index in [1.165, 1.54) is 12.1 Å². The first-order valence-electron chi connectivity index (χ1n) is 5.53. The SMILES string of the molecule is CC(C)(O)c1cccc(C(F)(F)C2CC2)c1. The lowest BCUT2D eigenvalue weighted by molar-refractivity contribution is -0.0289. The predicted octanol–water partition coefficient (Wildman–Crippen LogP) is 3.42. The van der Waals surface area contributed by atoms with Crippen molar-refractivity contribution in [2.75, 3.05) is 0 Å². The second-order valence-electron chi connectivity index (χ2n) is 5.04. The molecule has 0 unspecified atom stereocenters. The Morgan fingerprint density at radius 2 is 1.75 bits per heavy atom. The van der Waals surface area contributed by atoms with E-state index in [4.69, 9.17) is 0 Å². The van der Waals surface area contributed by atoms with Crippen molar-refractivity contribution < 1.29 is 13.9 Å². The summed E-state index contributed by atoms with van der Waals surface area (Å²) >= 11 is 0. The first-order chi connectivity index (χ1) is 7.32. The van der Waals surface area contributed by atoms with Gasteiger partial charge in [0.2, 0.25) is 0 Å². The largest absolute Gasteiger partial charge is 0.386 e. The Kier molecular flexibility index (Phi) is 2.54. The Morgan fingerprint density at radius 3 is 2.25 bits per heavy atom. The Morgan fingerprint density at radius 1 is 1.19 bits per heavy atom. The lowest BCUT2D eigenvalue weighted by Gasteiger charge is -2.21. The Hall–Kier alpha value is -0.960. The molecule has 0 radical (unpaired) electrons. The molecule has 0 atom stereocenters. The van der Waals surface area contributed by atoms with E-state index in [0.717, 1.165) is 0 Å². The fourth-order valence-corrected chi connectivity index (χ4v) is 1.79. The summed E-state index contributed by atoms with van der Waals surface area (Å²) in [5.74, 6) is -3.26. The maximum absolute atomic E-state index is 13.8. The number of halogens is 2. The molecule has 0 amide bonds. The molecule has 1 nitrogen and oxygen atoms in total. The van der Waals surface area contributed by atoms with Gasteiger partial charge in [0.15, 0.2) is 0 Å². The Balaban J connectivity index is 2.35. The summed E-state index contributed by atoms with van der Waals surface area (Å²) in [6.45, 7) is 3.20. The Labute approximate surface area is 94.1 Å². The highest BCUT2D eigenvalue weighted by atomic mass is 19.3. The second-order valence-corrected chi connectivity index (χ2v) is 5.04. The monoisotopic (exact) mass is 226 g/mol. The zero-order valence-electron chi connectivity index (χ0n) is 9.50. The van der Waals surface area contributed by atoms with Crippen molar-refractivity contribution >= 4 is 0 Å². The van der Waals surface area contributed by atoms with Gasteiger partial charge in [-0.3, -0.25) is 0 Å². The molecule has 1 aromatic rings. The molecule has 16 heavy (non-hydrogen) atoms. The van der Waals surface area contributed by atoms with E-state index >= 15 is 0 Å². The van der Waals surface area contributed by atoms with Crippen LogP contribution < -0.4 is 0 Å². The van der Waals surface area contributed by atoms with E-state index < -0.39 is 17.4 Å². The van der Waals surface area contributed by atoms with Crippen LogP contribution in [0.1, 0.15) is 37.8 Å². The molecular formula is C13H16F2O. The van der Waals surface area contributed by atoms with Crippen LogP contribution in [0.4, 0.5) is 8.78 Å². The van der Waals surface area contributed by atoms with Crippen molar-refractivity contribution in [2.24, 2.45) is 5.92 Å². The second kappa shape index (κ2) is 3.52. The van der Waals surface area contributed by atoms with E-state index in [1.807, 2.05) is 0 Å². The van der Waals surface area contributed by atoms with Gasteiger partial charge >= 0.3 is 0 Å². The molecular weight excluding hydrogens is 210 g/mol. The number of rotatable bonds is 3. The molecule has 0 spiro atoms. The van der Waals surface area contributed by atoms with Crippen LogP contribution in [0.5, 0.6) is 0 Å². The summed E-state index contributed by atoms with van der Waals surface area (Å²) in [4.78, 5) is 0. The average molecular weight is 226 g/mol. The molecule has 1 aromatic carbocycles. The van der Waals surface area contributed by atoms with Crippen molar-refractivity contribution in [1.82, 2.24) is 0 Å². The first-order valence-corrected chi connectivity index (χ1v) is 5.53. The quantitative estimate of drug-likeness (QED) is 0.837. The van der Waals surface area contributed by atoms with Crippen molar-refractivity contribution in [1.29, 1.82) is 0 Å². The standard InChI is InChI=1S/C13H16F2O/c1-12(2,16)10-4-3-5-11(8-10)13(14,15)9-6-7-9/h3-5,8-9,16H,6-7H2,1-2H3. The molecule has 0 saturated heterocycles.